The Morgan fingerprint density at radius 2 is 2.10 bits per heavy atom. The van der Waals surface area contributed by atoms with E-state index in [2.05, 4.69) is 4.98 Å². The van der Waals surface area contributed by atoms with Crippen LogP contribution in [0.3, 0.4) is 0 Å². The molecular weight excluding hydrogens is 407 g/mol. The predicted octanol–water partition coefficient (Wildman–Crippen LogP) is 1.15. The standard InChI is InChI=1S/C21H21FN4O5/c1-24(2)19(28)11-25-10-15-14(20(25)29)7-12(8-16(15)22)26-6-5-17(21(26)30)31-13-3-4-18(27)23-9-13/h3-4,7-9,17H,5-6,10-11H2,1-2H3,(H,23,27)/t17-/m1/s1. The van der Waals surface area contributed by atoms with Crippen LogP contribution >= 0.6 is 0 Å². The van der Waals surface area contributed by atoms with Crippen LogP contribution in [0.5, 0.6) is 11.6 Å². The molecule has 10 heteroatoms. The summed E-state index contributed by atoms with van der Waals surface area (Å²) in [4.78, 5) is 45.2. The second kappa shape index (κ2) is 7.86. The number of aromatic hydroxyl groups is 1. The van der Waals surface area contributed by atoms with Crippen LogP contribution in [0.25, 0.3) is 0 Å². The lowest BCUT2D eigenvalue weighted by Crippen LogP contribution is -2.36. The van der Waals surface area contributed by atoms with Crippen LogP contribution < -0.4 is 9.64 Å². The van der Waals surface area contributed by atoms with E-state index in [-0.39, 0.29) is 47.6 Å². The fraction of sp³-hybridized carbons (Fsp3) is 0.333. The van der Waals surface area contributed by atoms with Crippen LogP contribution in [0.2, 0.25) is 0 Å². The highest BCUT2D eigenvalue weighted by molar-refractivity contribution is 6.03. The van der Waals surface area contributed by atoms with Crippen molar-refractivity contribution in [3.63, 3.8) is 0 Å². The molecule has 3 amide bonds. The number of anilines is 1. The van der Waals surface area contributed by atoms with Gasteiger partial charge in [0.25, 0.3) is 11.8 Å². The second-order valence-electron chi connectivity index (χ2n) is 7.64. The number of likely N-dealkylation sites (N-methyl/N-ethyl adjacent to an activating group) is 1. The Balaban J connectivity index is 1.52. The van der Waals surface area contributed by atoms with Gasteiger partial charge in [-0.3, -0.25) is 14.4 Å². The van der Waals surface area contributed by atoms with E-state index in [0.717, 1.165) is 0 Å². The fourth-order valence-electron chi connectivity index (χ4n) is 3.62. The van der Waals surface area contributed by atoms with E-state index in [4.69, 9.17) is 4.74 Å². The summed E-state index contributed by atoms with van der Waals surface area (Å²) in [6.45, 7) is 0.159. The van der Waals surface area contributed by atoms with E-state index in [9.17, 15) is 23.9 Å². The molecule has 0 unspecified atom stereocenters. The van der Waals surface area contributed by atoms with Crippen molar-refractivity contribution < 1.29 is 28.6 Å². The van der Waals surface area contributed by atoms with Gasteiger partial charge in [-0.1, -0.05) is 0 Å². The van der Waals surface area contributed by atoms with E-state index < -0.39 is 17.8 Å². The first kappa shape index (κ1) is 20.6. The lowest BCUT2D eigenvalue weighted by atomic mass is 10.1. The molecule has 31 heavy (non-hydrogen) atoms. The summed E-state index contributed by atoms with van der Waals surface area (Å²) in [6.07, 6.45) is 0.894. The summed E-state index contributed by atoms with van der Waals surface area (Å²) in [7, 11) is 3.17. The highest BCUT2D eigenvalue weighted by Gasteiger charge is 2.37. The number of carbonyl (C=O) groups is 3. The molecule has 1 fully saturated rings. The van der Waals surface area contributed by atoms with E-state index in [1.807, 2.05) is 0 Å². The fourth-order valence-corrected chi connectivity index (χ4v) is 3.62. The Bertz CT molecular complexity index is 1060. The van der Waals surface area contributed by atoms with Gasteiger partial charge < -0.3 is 24.5 Å². The van der Waals surface area contributed by atoms with Gasteiger partial charge in [0.15, 0.2) is 6.10 Å². The number of hydrogen-bond acceptors (Lipinski definition) is 6. The number of benzene rings is 1. The monoisotopic (exact) mass is 428 g/mol. The number of ether oxygens (including phenoxy) is 1. The van der Waals surface area contributed by atoms with Crippen molar-refractivity contribution in [1.29, 1.82) is 0 Å². The van der Waals surface area contributed by atoms with Gasteiger partial charge >= 0.3 is 0 Å². The van der Waals surface area contributed by atoms with Crippen molar-refractivity contribution in [1.82, 2.24) is 14.8 Å². The molecule has 2 aromatic rings. The summed E-state index contributed by atoms with van der Waals surface area (Å²) < 4.78 is 20.4. The molecule has 1 saturated heterocycles. The van der Waals surface area contributed by atoms with Crippen LogP contribution in [0.1, 0.15) is 22.3 Å². The Labute approximate surface area is 177 Å². The third-order valence-electron chi connectivity index (χ3n) is 5.34. The number of hydrogen-bond donors (Lipinski definition) is 1. The van der Waals surface area contributed by atoms with Gasteiger partial charge in [-0.15, -0.1) is 0 Å². The zero-order valence-electron chi connectivity index (χ0n) is 17.0. The zero-order valence-corrected chi connectivity index (χ0v) is 17.0. The van der Waals surface area contributed by atoms with E-state index >= 15 is 0 Å². The number of fused-ring (bicyclic) bond motifs is 1. The number of nitrogens with zero attached hydrogens (tertiary/aromatic N) is 4. The molecule has 1 N–H and O–H groups in total. The minimum absolute atomic E-state index is 0.00734. The quantitative estimate of drug-likeness (QED) is 0.767. The first-order valence-corrected chi connectivity index (χ1v) is 9.69. The molecule has 0 spiro atoms. The minimum atomic E-state index is -0.785. The van der Waals surface area contributed by atoms with Gasteiger partial charge in [0.2, 0.25) is 11.8 Å². The van der Waals surface area contributed by atoms with Gasteiger partial charge in [0, 0.05) is 49.9 Å². The van der Waals surface area contributed by atoms with Crippen LogP contribution in [-0.4, -0.2) is 70.9 Å². The van der Waals surface area contributed by atoms with Crippen molar-refractivity contribution in [3.05, 3.63) is 47.4 Å². The Kier molecular flexibility index (Phi) is 5.22. The SMILES string of the molecule is CN(C)C(=O)CN1Cc2c(F)cc(N3CC[C@@H](Oc4ccc(O)nc4)C3=O)cc2C1=O. The Morgan fingerprint density at radius 3 is 2.77 bits per heavy atom. The molecule has 1 aromatic heterocycles. The lowest BCUT2D eigenvalue weighted by Gasteiger charge is -2.18. The molecule has 1 atom stereocenters. The van der Waals surface area contributed by atoms with Gasteiger partial charge in [0.1, 0.15) is 18.1 Å². The largest absolute Gasteiger partial charge is 0.493 e. The average molecular weight is 428 g/mol. The number of carbonyl (C=O) groups excluding carboxylic acids is 3. The summed E-state index contributed by atoms with van der Waals surface area (Å²) in [5.74, 6) is -1.50. The predicted molar refractivity (Wildman–Crippen MR) is 107 cm³/mol. The Morgan fingerprint density at radius 1 is 1.32 bits per heavy atom. The highest BCUT2D eigenvalue weighted by atomic mass is 19.1. The van der Waals surface area contributed by atoms with Crippen molar-refractivity contribution in [2.45, 2.75) is 19.1 Å². The topological polar surface area (TPSA) is 103 Å². The second-order valence-corrected chi connectivity index (χ2v) is 7.64. The van der Waals surface area contributed by atoms with Crippen molar-refractivity contribution >= 4 is 23.4 Å². The summed E-state index contributed by atoms with van der Waals surface area (Å²) >= 11 is 0. The molecule has 0 saturated carbocycles. The number of amides is 3. The molecule has 0 radical (unpaired) electrons. The number of pyridine rings is 1. The molecule has 162 valence electrons. The van der Waals surface area contributed by atoms with E-state index in [1.165, 1.54) is 45.2 Å². The maximum atomic E-state index is 14.8. The maximum Gasteiger partial charge on any atom is 0.268 e. The number of aromatic nitrogens is 1. The first-order chi connectivity index (χ1) is 14.7. The molecule has 9 nitrogen and oxygen atoms in total. The van der Waals surface area contributed by atoms with E-state index in [0.29, 0.717) is 18.7 Å². The van der Waals surface area contributed by atoms with Crippen LogP contribution in [0.15, 0.2) is 30.5 Å². The van der Waals surface area contributed by atoms with Gasteiger partial charge in [-0.2, -0.15) is 0 Å². The molecule has 2 aliphatic heterocycles. The molecule has 1 aromatic carbocycles. The van der Waals surface area contributed by atoms with Crippen LogP contribution in [0, 0.1) is 5.82 Å². The third-order valence-corrected chi connectivity index (χ3v) is 5.34. The average Bonchev–Trinajstić information content (AvgIpc) is 3.24. The van der Waals surface area contributed by atoms with Gasteiger partial charge in [0.05, 0.1) is 12.7 Å². The Hall–Kier alpha value is -3.69. The number of rotatable bonds is 5. The van der Waals surface area contributed by atoms with E-state index in [1.54, 1.807) is 14.1 Å². The molecular formula is C21H21FN4O5. The molecule has 0 aliphatic carbocycles. The van der Waals surface area contributed by atoms with Crippen molar-refractivity contribution in [2.75, 3.05) is 32.1 Å². The van der Waals surface area contributed by atoms with Crippen LogP contribution in [-0.2, 0) is 16.1 Å². The number of halogens is 1. The first-order valence-electron chi connectivity index (χ1n) is 9.69. The normalized spacial score (nSPS) is 17.8. The van der Waals surface area contributed by atoms with Crippen LogP contribution in [0.4, 0.5) is 10.1 Å². The summed E-state index contributed by atoms with van der Waals surface area (Å²) in [6, 6.07) is 5.56. The maximum absolute atomic E-state index is 14.8. The minimum Gasteiger partial charge on any atom is -0.493 e. The molecule has 4 rings (SSSR count). The highest BCUT2D eigenvalue weighted by Crippen LogP contribution is 2.32. The third kappa shape index (κ3) is 3.88. The molecule has 3 heterocycles. The smallest absolute Gasteiger partial charge is 0.268 e. The molecule has 2 aliphatic rings. The summed E-state index contributed by atoms with van der Waals surface area (Å²) in [5.41, 5.74) is 0.640. The van der Waals surface area contributed by atoms with Gasteiger partial charge in [-0.05, 0) is 18.2 Å². The van der Waals surface area contributed by atoms with Gasteiger partial charge in [-0.25, -0.2) is 9.37 Å². The van der Waals surface area contributed by atoms with Crippen molar-refractivity contribution in [2.24, 2.45) is 0 Å². The van der Waals surface area contributed by atoms with Crippen molar-refractivity contribution in [3.8, 4) is 11.6 Å². The molecule has 0 bridgehead atoms. The summed E-state index contributed by atoms with van der Waals surface area (Å²) in [5, 5.41) is 9.25. The lowest BCUT2D eigenvalue weighted by molar-refractivity contribution is -0.129. The zero-order chi connectivity index (χ0) is 22.3.